The lowest BCUT2D eigenvalue weighted by Crippen LogP contribution is -1.95. The fraction of sp³-hybridized carbons (Fsp3) is 0.533. The van der Waals surface area contributed by atoms with E-state index in [4.69, 9.17) is 0 Å². The number of hydrogen-bond acceptors (Lipinski definition) is 2. The van der Waals surface area contributed by atoms with Crippen LogP contribution in [0, 0.1) is 0 Å². The molecule has 0 fully saturated rings. The first kappa shape index (κ1) is 10.7. The van der Waals surface area contributed by atoms with E-state index >= 15 is 0 Å². The van der Waals surface area contributed by atoms with Gasteiger partial charge < -0.3 is 0 Å². The molecule has 1 aromatic carbocycles. The van der Waals surface area contributed by atoms with Crippen LogP contribution in [0.3, 0.4) is 0 Å². The third-order valence-electron chi connectivity index (χ3n) is 4.34. The number of isocyanates is 1. The van der Waals surface area contributed by atoms with Crippen molar-refractivity contribution in [3.63, 3.8) is 0 Å². The van der Waals surface area contributed by atoms with Crippen molar-refractivity contribution < 1.29 is 4.79 Å². The SMILES string of the molecule is CCC1CCc2c1cc1c(c2N=C=O)CCC1. The fourth-order valence-electron chi connectivity index (χ4n) is 3.50. The highest BCUT2D eigenvalue weighted by molar-refractivity contribution is 5.66. The summed E-state index contributed by atoms with van der Waals surface area (Å²) in [6, 6.07) is 2.39. The smallest absolute Gasteiger partial charge is 0.211 e. The van der Waals surface area contributed by atoms with Gasteiger partial charge in [-0.2, -0.15) is 4.99 Å². The van der Waals surface area contributed by atoms with Crippen LogP contribution in [0.4, 0.5) is 5.69 Å². The normalized spacial score (nSPS) is 20.9. The van der Waals surface area contributed by atoms with Crippen LogP contribution in [0.5, 0.6) is 0 Å². The number of fused-ring (bicyclic) bond motifs is 2. The predicted octanol–water partition coefficient (Wildman–Crippen LogP) is 3.58. The van der Waals surface area contributed by atoms with Gasteiger partial charge in [-0.1, -0.05) is 13.0 Å². The minimum absolute atomic E-state index is 0.677. The lowest BCUT2D eigenvalue weighted by molar-refractivity contribution is 0.565. The molecule has 0 heterocycles. The van der Waals surface area contributed by atoms with E-state index in [0.29, 0.717) is 5.92 Å². The van der Waals surface area contributed by atoms with E-state index in [9.17, 15) is 4.79 Å². The van der Waals surface area contributed by atoms with Crippen LogP contribution < -0.4 is 0 Å². The monoisotopic (exact) mass is 227 g/mol. The molecule has 2 heteroatoms. The number of hydrogen-bond donors (Lipinski definition) is 0. The van der Waals surface area contributed by atoms with Crippen molar-refractivity contribution in [3.8, 4) is 0 Å². The van der Waals surface area contributed by atoms with Gasteiger partial charge in [0.1, 0.15) is 0 Å². The number of benzene rings is 1. The Morgan fingerprint density at radius 3 is 3.00 bits per heavy atom. The molecule has 1 unspecified atom stereocenters. The summed E-state index contributed by atoms with van der Waals surface area (Å²) in [5.74, 6) is 0.677. The molecular weight excluding hydrogens is 210 g/mol. The Morgan fingerprint density at radius 2 is 2.24 bits per heavy atom. The van der Waals surface area contributed by atoms with Crippen LogP contribution in [0.15, 0.2) is 11.1 Å². The van der Waals surface area contributed by atoms with Crippen molar-refractivity contribution in [2.75, 3.05) is 0 Å². The Kier molecular flexibility index (Phi) is 2.60. The molecule has 0 saturated carbocycles. The van der Waals surface area contributed by atoms with E-state index < -0.39 is 0 Å². The van der Waals surface area contributed by atoms with Crippen molar-refractivity contribution in [2.24, 2.45) is 4.99 Å². The summed E-state index contributed by atoms with van der Waals surface area (Å²) in [5.41, 5.74) is 6.52. The van der Waals surface area contributed by atoms with Gasteiger partial charge >= 0.3 is 0 Å². The molecule has 0 aromatic heterocycles. The van der Waals surface area contributed by atoms with Crippen LogP contribution in [-0.4, -0.2) is 6.08 Å². The second-order valence-electron chi connectivity index (χ2n) is 5.13. The van der Waals surface area contributed by atoms with Gasteiger partial charge in [0, 0.05) is 0 Å². The van der Waals surface area contributed by atoms with E-state index in [2.05, 4.69) is 18.0 Å². The second-order valence-corrected chi connectivity index (χ2v) is 5.13. The highest BCUT2D eigenvalue weighted by atomic mass is 16.1. The molecule has 0 saturated heterocycles. The summed E-state index contributed by atoms with van der Waals surface area (Å²) in [7, 11) is 0. The van der Waals surface area contributed by atoms with Crippen LogP contribution in [-0.2, 0) is 24.1 Å². The van der Waals surface area contributed by atoms with E-state index in [0.717, 1.165) is 24.9 Å². The predicted molar refractivity (Wildman–Crippen MR) is 67.6 cm³/mol. The Bertz CT molecular complexity index is 512. The van der Waals surface area contributed by atoms with Gasteiger partial charge in [0.2, 0.25) is 6.08 Å². The van der Waals surface area contributed by atoms with Crippen molar-refractivity contribution >= 4 is 11.8 Å². The first-order valence-electron chi connectivity index (χ1n) is 6.60. The molecule has 2 nitrogen and oxygen atoms in total. The summed E-state index contributed by atoms with van der Waals surface area (Å²) in [6.45, 7) is 2.25. The molecule has 0 amide bonds. The van der Waals surface area contributed by atoms with Crippen molar-refractivity contribution in [3.05, 3.63) is 28.3 Å². The Hall–Kier alpha value is -1.40. The van der Waals surface area contributed by atoms with Crippen molar-refractivity contribution in [1.82, 2.24) is 0 Å². The maximum absolute atomic E-state index is 10.6. The van der Waals surface area contributed by atoms with E-state index in [1.807, 2.05) is 0 Å². The van der Waals surface area contributed by atoms with Gasteiger partial charge in [0.15, 0.2) is 0 Å². The summed E-state index contributed by atoms with van der Waals surface area (Å²) in [5, 5.41) is 0. The number of rotatable bonds is 2. The maximum atomic E-state index is 10.6. The molecule has 2 aliphatic rings. The number of nitrogens with zero attached hydrogens (tertiary/aromatic N) is 1. The number of carbonyl (C=O) groups excluding carboxylic acids is 1. The maximum Gasteiger partial charge on any atom is 0.240 e. The van der Waals surface area contributed by atoms with Crippen LogP contribution in [0.1, 0.15) is 54.4 Å². The first-order valence-corrected chi connectivity index (χ1v) is 6.60. The zero-order valence-electron chi connectivity index (χ0n) is 10.3. The molecule has 0 N–H and O–H groups in total. The largest absolute Gasteiger partial charge is 0.240 e. The van der Waals surface area contributed by atoms with E-state index in [1.54, 1.807) is 6.08 Å². The van der Waals surface area contributed by atoms with Gasteiger partial charge in [-0.25, -0.2) is 4.79 Å². The molecule has 3 rings (SSSR count). The van der Waals surface area contributed by atoms with E-state index in [-0.39, 0.29) is 0 Å². The molecule has 88 valence electrons. The van der Waals surface area contributed by atoms with Crippen molar-refractivity contribution in [2.45, 2.75) is 51.4 Å². The average molecular weight is 227 g/mol. The molecule has 0 bridgehead atoms. The lowest BCUT2D eigenvalue weighted by atomic mass is 9.94. The summed E-state index contributed by atoms with van der Waals surface area (Å²) in [6.07, 6.45) is 8.69. The number of aryl methyl sites for hydroxylation is 1. The van der Waals surface area contributed by atoms with Gasteiger partial charge in [0.05, 0.1) is 5.69 Å². The highest BCUT2D eigenvalue weighted by Gasteiger charge is 2.28. The van der Waals surface area contributed by atoms with Gasteiger partial charge in [0.25, 0.3) is 0 Å². The average Bonchev–Trinajstić information content (AvgIpc) is 2.94. The molecule has 1 atom stereocenters. The Labute approximate surface area is 102 Å². The molecule has 0 radical (unpaired) electrons. The van der Waals surface area contributed by atoms with Crippen LogP contribution >= 0.6 is 0 Å². The molecular formula is C15H17NO. The highest BCUT2D eigenvalue weighted by Crippen LogP contribution is 2.45. The van der Waals surface area contributed by atoms with Gasteiger partial charge in [-0.3, -0.25) is 0 Å². The van der Waals surface area contributed by atoms with Crippen LogP contribution in [0.2, 0.25) is 0 Å². The van der Waals surface area contributed by atoms with Crippen molar-refractivity contribution in [1.29, 1.82) is 0 Å². The molecule has 0 spiro atoms. The van der Waals surface area contributed by atoms with Gasteiger partial charge in [-0.15, -0.1) is 0 Å². The summed E-state index contributed by atoms with van der Waals surface area (Å²) < 4.78 is 0. The zero-order valence-corrected chi connectivity index (χ0v) is 10.3. The second kappa shape index (κ2) is 4.12. The third kappa shape index (κ3) is 1.56. The quantitative estimate of drug-likeness (QED) is 0.561. The van der Waals surface area contributed by atoms with E-state index in [1.165, 1.54) is 41.5 Å². The number of aliphatic imine (C=N–C) groups is 1. The van der Waals surface area contributed by atoms with Crippen LogP contribution in [0.25, 0.3) is 0 Å². The topological polar surface area (TPSA) is 29.4 Å². The standard InChI is InChI=1S/C15H17NO/c1-2-10-6-7-13-14(10)8-11-4-3-5-12(11)15(13)16-9-17/h8,10H,2-7H2,1H3. The minimum Gasteiger partial charge on any atom is -0.211 e. The Morgan fingerprint density at radius 1 is 1.35 bits per heavy atom. The first-order chi connectivity index (χ1) is 8.35. The molecule has 17 heavy (non-hydrogen) atoms. The third-order valence-corrected chi connectivity index (χ3v) is 4.34. The lowest BCUT2D eigenvalue weighted by Gasteiger charge is -2.13. The Balaban J connectivity index is 2.23. The summed E-state index contributed by atoms with van der Waals surface area (Å²) >= 11 is 0. The zero-order chi connectivity index (χ0) is 11.8. The molecule has 0 aliphatic heterocycles. The fourth-order valence-corrected chi connectivity index (χ4v) is 3.50. The molecule has 1 aromatic rings. The minimum atomic E-state index is 0.677. The van der Waals surface area contributed by atoms with Gasteiger partial charge in [-0.05, 0) is 66.7 Å². The molecule has 2 aliphatic carbocycles. The summed E-state index contributed by atoms with van der Waals surface area (Å²) in [4.78, 5) is 14.6.